The molecule has 1 heterocycles. The van der Waals surface area contributed by atoms with Crippen LogP contribution in [0.5, 0.6) is 0 Å². The number of fused-ring (bicyclic) bond motifs is 1. The van der Waals surface area contributed by atoms with Crippen LogP contribution in [-0.2, 0) is 0 Å². The van der Waals surface area contributed by atoms with Crippen molar-refractivity contribution in [3.05, 3.63) is 85.6 Å². The number of hydrogen-bond donors (Lipinski definition) is 1. The van der Waals surface area contributed by atoms with Crippen LogP contribution in [0.15, 0.2) is 48.7 Å². The van der Waals surface area contributed by atoms with E-state index in [1.54, 1.807) is 24.4 Å². The number of aryl methyl sites for hydroxylation is 1. The molecule has 0 saturated heterocycles. The average molecular weight is 325 g/mol. The third kappa shape index (κ3) is 2.71. The minimum Gasteiger partial charge on any atom is -0.361 e. The molecule has 1 aromatic heterocycles. The minimum absolute atomic E-state index is 0.105. The molecule has 0 amide bonds. The number of nitro benzene ring substituents is 1. The quantitative estimate of drug-likeness (QED) is 0.569. The van der Waals surface area contributed by atoms with Crippen LogP contribution in [0, 0.1) is 27.2 Å². The van der Waals surface area contributed by atoms with Crippen LogP contribution in [0.1, 0.15) is 22.6 Å². The predicted octanol–water partition coefficient (Wildman–Crippen LogP) is 3.79. The molecule has 0 aliphatic rings. The molecular formula is C17H15N3O4. The van der Waals surface area contributed by atoms with Gasteiger partial charge in [0, 0.05) is 33.7 Å². The zero-order chi connectivity index (χ0) is 17.3. The number of nitrogens with zero attached hydrogens (tertiary/aromatic N) is 2. The maximum Gasteiger partial charge on any atom is 0.273 e. The molecule has 0 aliphatic heterocycles. The monoisotopic (exact) mass is 325 g/mol. The number of H-pyrrole nitrogens is 1. The summed E-state index contributed by atoms with van der Waals surface area (Å²) in [5.41, 5.74) is 2.84. The van der Waals surface area contributed by atoms with Gasteiger partial charge >= 0.3 is 0 Å². The predicted molar refractivity (Wildman–Crippen MR) is 89.8 cm³/mol. The lowest BCUT2D eigenvalue weighted by Gasteiger charge is -2.13. The Bertz CT molecular complexity index is 932. The van der Waals surface area contributed by atoms with Crippen molar-refractivity contribution in [2.75, 3.05) is 6.54 Å². The van der Waals surface area contributed by atoms with Gasteiger partial charge in [-0.25, -0.2) is 0 Å². The highest BCUT2D eigenvalue weighted by molar-refractivity contribution is 5.87. The Balaban J connectivity index is 2.22. The van der Waals surface area contributed by atoms with E-state index in [1.807, 2.05) is 25.1 Å². The van der Waals surface area contributed by atoms with Crippen molar-refractivity contribution in [2.45, 2.75) is 12.8 Å². The molecule has 1 N–H and O–H groups in total. The van der Waals surface area contributed by atoms with Crippen molar-refractivity contribution in [3.63, 3.8) is 0 Å². The normalized spacial score (nSPS) is 12.2. The molecule has 3 rings (SSSR count). The fraction of sp³-hybridized carbons (Fsp3) is 0.176. The molecule has 0 radical (unpaired) electrons. The van der Waals surface area contributed by atoms with Crippen molar-refractivity contribution in [1.82, 2.24) is 4.98 Å². The second-order valence-electron chi connectivity index (χ2n) is 5.63. The van der Waals surface area contributed by atoms with Crippen LogP contribution in [0.2, 0.25) is 0 Å². The first-order valence-corrected chi connectivity index (χ1v) is 7.40. The molecular weight excluding hydrogens is 310 g/mol. The number of benzene rings is 2. The maximum atomic E-state index is 11.3. The first-order valence-electron chi connectivity index (χ1n) is 7.40. The topological polar surface area (TPSA) is 102 Å². The summed E-state index contributed by atoms with van der Waals surface area (Å²) in [6, 6.07) is 11.9. The standard InChI is InChI=1S/C17H15N3O4/c1-11-5-4-7-13-14(9-18-17(11)13)15(10-19(21)22)12-6-2-3-8-16(12)20(23)24/h2-9,15,18H,10H2,1H3. The van der Waals surface area contributed by atoms with Crippen LogP contribution in [0.4, 0.5) is 5.69 Å². The zero-order valence-corrected chi connectivity index (χ0v) is 12.9. The van der Waals surface area contributed by atoms with Crippen LogP contribution < -0.4 is 0 Å². The lowest BCUT2D eigenvalue weighted by molar-refractivity contribution is -0.482. The summed E-state index contributed by atoms with van der Waals surface area (Å²) in [4.78, 5) is 24.7. The van der Waals surface area contributed by atoms with Gasteiger partial charge in [-0.05, 0) is 18.1 Å². The maximum absolute atomic E-state index is 11.3. The van der Waals surface area contributed by atoms with Crippen LogP contribution in [0.3, 0.4) is 0 Å². The smallest absolute Gasteiger partial charge is 0.273 e. The second kappa shape index (κ2) is 6.11. The summed E-state index contributed by atoms with van der Waals surface area (Å²) < 4.78 is 0. The van der Waals surface area contributed by atoms with Gasteiger partial charge in [-0.2, -0.15) is 0 Å². The number of rotatable bonds is 5. The summed E-state index contributed by atoms with van der Waals surface area (Å²) in [5.74, 6) is -0.697. The molecule has 122 valence electrons. The summed E-state index contributed by atoms with van der Waals surface area (Å²) in [6.07, 6.45) is 1.71. The molecule has 7 nitrogen and oxygen atoms in total. The Hall–Kier alpha value is -3.22. The highest BCUT2D eigenvalue weighted by atomic mass is 16.6. The summed E-state index contributed by atoms with van der Waals surface area (Å²) in [5, 5.41) is 23.4. The molecule has 1 atom stereocenters. The molecule has 0 saturated carbocycles. The van der Waals surface area contributed by atoms with E-state index in [0.29, 0.717) is 11.1 Å². The fourth-order valence-corrected chi connectivity index (χ4v) is 3.08. The SMILES string of the molecule is Cc1cccc2c(C(C[N+](=O)[O-])c3ccccc3[N+](=O)[O-])c[nH]c12. The molecule has 2 aromatic carbocycles. The molecule has 0 bridgehead atoms. The Morgan fingerprint density at radius 2 is 1.79 bits per heavy atom. The molecule has 0 aliphatic carbocycles. The highest BCUT2D eigenvalue weighted by Crippen LogP contribution is 2.36. The van der Waals surface area contributed by atoms with E-state index in [-0.39, 0.29) is 5.69 Å². The van der Waals surface area contributed by atoms with Crippen LogP contribution >= 0.6 is 0 Å². The molecule has 3 aromatic rings. The van der Waals surface area contributed by atoms with Crippen molar-refractivity contribution < 1.29 is 9.85 Å². The lowest BCUT2D eigenvalue weighted by Crippen LogP contribution is -2.15. The number of nitro groups is 2. The number of nitrogens with one attached hydrogen (secondary N) is 1. The summed E-state index contributed by atoms with van der Waals surface area (Å²) in [7, 11) is 0. The molecule has 7 heteroatoms. The third-order valence-electron chi connectivity index (χ3n) is 4.17. The average Bonchev–Trinajstić information content (AvgIpc) is 2.97. The Kier molecular flexibility index (Phi) is 3.99. The Morgan fingerprint density at radius 3 is 2.50 bits per heavy atom. The van der Waals surface area contributed by atoms with Gasteiger partial charge in [0.15, 0.2) is 0 Å². The van der Waals surface area contributed by atoms with Gasteiger partial charge < -0.3 is 4.98 Å². The van der Waals surface area contributed by atoms with E-state index >= 15 is 0 Å². The van der Waals surface area contributed by atoms with E-state index in [4.69, 9.17) is 0 Å². The number of hydrogen-bond acceptors (Lipinski definition) is 4. The van der Waals surface area contributed by atoms with Crippen LogP contribution in [-0.4, -0.2) is 21.4 Å². The van der Waals surface area contributed by atoms with Crippen molar-refractivity contribution in [1.29, 1.82) is 0 Å². The second-order valence-corrected chi connectivity index (χ2v) is 5.63. The number of aromatic nitrogens is 1. The van der Waals surface area contributed by atoms with Gasteiger partial charge in [-0.3, -0.25) is 20.2 Å². The van der Waals surface area contributed by atoms with E-state index in [1.165, 1.54) is 6.07 Å². The van der Waals surface area contributed by atoms with E-state index < -0.39 is 22.3 Å². The van der Waals surface area contributed by atoms with Gasteiger partial charge in [0.2, 0.25) is 6.54 Å². The first-order chi connectivity index (χ1) is 11.5. The zero-order valence-electron chi connectivity index (χ0n) is 12.9. The Morgan fingerprint density at radius 1 is 1.04 bits per heavy atom. The van der Waals surface area contributed by atoms with Crippen LogP contribution in [0.25, 0.3) is 10.9 Å². The highest BCUT2D eigenvalue weighted by Gasteiger charge is 2.29. The number of aromatic amines is 1. The lowest BCUT2D eigenvalue weighted by atomic mass is 9.89. The van der Waals surface area contributed by atoms with Crippen molar-refractivity contribution in [2.24, 2.45) is 0 Å². The van der Waals surface area contributed by atoms with Gasteiger partial charge in [-0.1, -0.05) is 36.4 Å². The van der Waals surface area contributed by atoms with Gasteiger partial charge in [0.05, 0.1) is 10.8 Å². The molecule has 24 heavy (non-hydrogen) atoms. The fourth-order valence-electron chi connectivity index (χ4n) is 3.08. The molecule has 0 spiro atoms. The van der Waals surface area contributed by atoms with Gasteiger partial charge in [-0.15, -0.1) is 0 Å². The Labute approximate surface area is 137 Å². The van der Waals surface area contributed by atoms with E-state index in [2.05, 4.69) is 4.98 Å². The van der Waals surface area contributed by atoms with Crippen molar-refractivity contribution >= 4 is 16.6 Å². The van der Waals surface area contributed by atoms with E-state index in [0.717, 1.165) is 16.5 Å². The largest absolute Gasteiger partial charge is 0.361 e. The van der Waals surface area contributed by atoms with E-state index in [9.17, 15) is 20.2 Å². The van der Waals surface area contributed by atoms with Gasteiger partial charge in [0.1, 0.15) is 0 Å². The third-order valence-corrected chi connectivity index (χ3v) is 4.17. The number of para-hydroxylation sites is 2. The molecule has 0 fully saturated rings. The molecule has 1 unspecified atom stereocenters. The minimum atomic E-state index is -0.697. The van der Waals surface area contributed by atoms with Crippen molar-refractivity contribution in [3.8, 4) is 0 Å². The first kappa shape index (κ1) is 15.7. The summed E-state index contributed by atoms with van der Waals surface area (Å²) in [6.45, 7) is 1.53. The van der Waals surface area contributed by atoms with Gasteiger partial charge in [0.25, 0.3) is 5.69 Å². The summed E-state index contributed by atoms with van der Waals surface area (Å²) >= 11 is 0.